The topological polar surface area (TPSA) is 53.1 Å². The van der Waals surface area contributed by atoms with Crippen LogP contribution in [0.2, 0.25) is 10.0 Å². The molecule has 0 saturated heterocycles. The molecule has 6 heteroatoms. The van der Waals surface area contributed by atoms with Gasteiger partial charge in [0.15, 0.2) is 5.75 Å². The van der Waals surface area contributed by atoms with Crippen molar-refractivity contribution in [1.82, 2.24) is 9.78 Å². The fourth-order valence-corrected chi connectivity index (χ4v) is 1.87. The SMILES string of the molecule is Nc1cnn(CCOc2c(Cl)cccc2Cl)c1. The number of ether oxygens (including phenoxy) is 1. The number of nitrogen functional groups attached to an aromatic ring is 1. The van der Waals surface area contributed by atoms with Gasteiger partial charge in [0.1, 0.15) is 6.61 Å². The van der Waals surface area contributed by atoms with E-state index >= 15 is 0 Å². The molecule has 2 N–H and O–H groups in total. The molecule has 0 radical (unpaired) electrons. The summed E-state index contributed by atoms with van der Waals surface area (Å²) in [5.74, 6) is 0.496. The molecule has 0 aliphatic carbocycles. The van der Waals surface area contributed by atoms with Gasteiger partial charge in [-0.2, -0.15) is 5.10 Å². The summed E-state index contributed by atoms with van der Waals surface area (Å²) in [6.07, 6.45) is 3.32. The summed E-state index contributed by atoms with van der Waals surface area (Å²) in [5.41, 5.74) is 6.17. The van der Waals surface area contributed by atoms with Crippen molar-refractivity contribution >= 4 is 28.9 Å². The standard InChI is InChI=1S/C11H11Cl2N3O/c12-9-2-1-3-10(13)11(9)17-5-4-16-7-8(14)6-15-16/h1-3,6-7H,4-5,14H2. The van der Waals surface area contributed by atoms with E-state index in [1.54, 1.807) is 35.3 Å². The Labute approximate surface area is 109 Å². The molecule has 0 amide bonds. The molecule has 1 heterocycles. The van der Waals surface area contributed by atoms with Crippen LogP contribution in [0.5, 0.6) is 5.75 Å². The van der Waals surface area contributed by atoms with Crippen molar-refractivity contribution < 1.29 is 4.74 Å². The summed E-state index contributed by atoms with van der Waals surface area (Å²) in [6, 6.07) is 5.23. The second-order valence-corrected chi connectivity index (χ2v) is 4.25. The predicted molar refractivity (Wildman–Crippen MR) is 68.6 cm³/mol. The molecule has 17 heavy (non-hydrogen) atoms. The highest BCUT2D eigenvalue weighted by molar-refractivity contribution is 6.37. The van der Waals surface area contributed by atoms with E-state index in [-0.39, 0.29) is 0 Å². The van der Waals surface area contributed by atoms with Gasteiger partial charge in [-0.3, -0.25) is 4.68 Å². The van der Waals surface area contributed by atoms with Crippen molar-refractivity contribution in [2.45, 2.75) is 6.54 Å². The van der Waals surface area contributed by atoms with Crippen LogP contribution in [0.3, 0.4) is 0 Å². The highest BCUT2D eigenvalue weighted by Gasteiger charge is 2.06. The molecule has 1 aromatic heterocycles. The molecule has 0 unspecified atom stereocenters. The minimum absolute atomic E-state index is 0.421. The van der Waals surface area contributed by atoms with Gasteiger partial charge in [0.25, 0.3) is 0 Å². The van der Waals surface area contributed by atoms with E-state index in [0.29, 0.717) is 34.6 Å². The summed E-state index contributed by atoms with van der Waals surface area (Å²) < 4.78 is 7.21. The molecule has 1 aromatic carbocycles. The van der Waals surface area contributed by atoms with Crippen LogP contribution in [0.25, 0.3) is 0 Å². The highest BCUT2D eigenvalue weighted by Crippen LogP contribution is 2.32. The largest absolute Gasteiger partial charge is 0.489 e. The smallest absolute Gasteiger partial charge is 0.156 e. The zero-order valence-electron chi connectivity index (χ0n) is 8.94. The van der Waals surface area contributed by atoms with E-state index in [4.69, 9.17) is 33.7 Å². The monoisotopic (exact) mass is 271 g/mol. The van der Waals surface area contributed by atoms with E-state index in [1.807, 2.05) is 0 Å². The Bertz CT molecular complexity index is 493. The van der Waals surface area contributed by atoms with Crippen LogP contribution in [-0.2, 0) is 6.54 Å². The van der Waals surface area contributed by atoms with Crippen molar-refractivity contribution in [1.29, 1.82) is 0 Å². The second-order valence-electron chi connectivity index (χ2n) is 3.44. The predicted octanol–water partition coefficient (Wildman–Crippen LogP) is 2.85. The second kappa shape index (κ2) is 5.29. The molecule has 0 aliphatic heterocycles. The molecule has 0 saturated carbocycles. The maximum absolute atomic E-state index is 5.96. The zero-order valence-corrected chi connectivity index (χ0v) is 10.4. The number of nitrogens with two attached hydrogens (primary N) is 1. The Hall–Kier alpha value is -1.39. The van der Waals surface area contributed by atoms with Gasteiger partial charge < -0.3 is 10.5 Å². The van der Waals surface area contributed by atoms with Gasteiger partial charge in [-0.15, -0.1) is 0 Å². The Morgan fingerprint density at radius 2 is 2.00 bits per heavy atom. The van der Waals surface area contributed by atoms with Gasteiger partial charge in [-0.25, -0.2) is 0 Å². The highest BCUT2D eigenvalue weighted by atomic mass is 35.5. The van der Waals surface area contributed by atoms with Gasteiger partial charge in [0.2, 0.25) is 0 Å². The molecule has 0 spiro atoms. The van der Waals surface area contributed by atoms with Crippen LogP contribution in [0, 0.1) is 0 Å². The van der Waals surface area contributed by atoms with Crippen molar-refractivity contribution in [2.24, 2.45) is 0 Å². The first-order valence-electron chi connectivity index (χ1n) is 5.01. The quantitative estimate of drug-likeness (QED) is 0.931. The average Bonchev–Trinajstić information content (AvgIpc) is 2.69. The van der Waals surface area contributed by atoms with Crippen molar-refractivity contribution in [3.8, 4) is 5.75 Å². The lowest BCUT2D eigenvalue weighted by Crippen LogP contribution is -2.08. The Morgan fingerprint density at radius 3 is 2.59 bits per heavy atom. The van der Waals surface area contributed by atoms with Gasteiger partial charge in [-0.05, 0) is 12.1 Å². The number of hydrogen-bond acceptors (Lipinski definition) is 3. The molecule has 0 atom stereocenters. The Morgan fingerprint density at radius 1 is 1.29 bits per heavy atom. The van der Waals surface area contributed by atoms with Crippen molar-refractivity contribution in [3.05, 3.63) is 40.6 Å². The Balaban J connectivity index is 1.94. The fraction of sp³-hybridized carbons (Fsp3) is 0.182. The summed E-state index contributed by atoms with van der Waals surface area (Å²) in [7, 11) is 0. The molecule has 90 valence electrons. The third-order valence-corrected chi connectivity index (χ3v) is 2.73. The van der Waals surface area contributed by atoms with Crippen LogP contribution in [0.1, 0.15) is 0 Å². The average molecular weight is 272 g/mol. The van der Waals surface area contributed by atoms with Crippen molar-refractivity contribution in [2.75, 3.05) is 12.3 Å². The van der Waals surface area contributed by atoms with E-state index < -0.39 is 0 Å². The van der Waals surface area contributed by atoms with Gasteiger partial charge in [-0.1, -0.05) is 29.3 Å². The third-order valence-electron chi connectivity index (χ3n) is 2.14. The number of halogens is 2. The molecular formula is C11H11Cl2N3O. The molecule has 0 aliphatic rings. The first-order valence-corrected chi connectivity index (χ1v) is 5.77. The van der Waals surface area contributed by atoms with Crippen LogP contribution < -0.4 is 10.5 Å². The zero-order chi connectivity index (χ0) is 12.3. The van der Waals surface area contributed by atoms with E-state index in [1.165, 1.54) is 0 Å². The molecule has 2 aromatic rings. The number of anilines is 1. The minimum Gasteiger partial charge on any atom is -0.489 e. The number of nitrogens with zero attached hydrogens (tertiary/aromatic N) is 2. The maximum atomic E-state index is 5.96. The van der Waals surface area contributed by atoms with E-state index in [9.17, 15) is 0 Å². The van der Waals surface area contributed by atoms with Gasteiger partial charge in [0.05, 0.1) is 28.5 Å². The lowest BCUT2D eigenvalue weighted by Gasteiger charge is -2.09. The third kappa shape index (κ3) is 3.05. The van der Waals surface area contributed by atoms with E-state index in [0.717, 1.165) is 0 Å². The van der Waals surface area contributed by atoms with E-state index in [2.05, 4.69) is 5.10 Å². The first-order chi connectivity index (χ1) is 8.16. The summed E-state index contributed by atoms with van der Waals surface area (Å²) in [5, 5.41) is 5.03. The normalized spacial score (nSPS) is 10.5. The van der Waals surface area contributed by atoms with Crippen LogP contribution >= 0.6 is 23.2 Å². The lowest BCUT2D eigenvalue weighted by atomic mass is 10.3. The summed E-state index contributed by atoms with van der Waals surface area (Å²) >= 11 is 11.9. The van der Waals surface area contributed by atoms with Gasteiger partial charge >= 0.3 is 0 Å². The van der Waals surface area contributed by atoms with Crippen LogP contribution in [0.15, 0.2) is 30.6 Å². The first kappa shape index (κ1) is 12.1. The molecule has 0 bridgehead atoms. The van der Waals surface area contributed by atoms with Crippen LogP contribution in [0.4, 0.5) is 5.69 Å². The fourth-order valence-electron chi connectivity index (χ4n) is 1.36. The summed E-state index contributed by atoms with van der Waals surface area (Å²) in [6.45, 7) is 1.00. The molecule has 0 fully saturated rings. The number of hydrogen-bond donors (Lipinski definition) is 1. The molecular weight excluding hydrogens is 261 g/mol. The molecule has 4 nitrogen and oxygen atoms in total. The minimum atomic E-state index is 0.421. The number of rotatable bonds is 4. The lowest BCUT2D eigenvalue weighted by molar-refractivity contribution is 0.291. The number of benzene rings is 1. The van der Waals surface area contributed by atoms with Crippen LogP contribution in [-0.4, -0.2) is 16.4 Å². The Kier molecular flexibility index (Phi) is 3.76. The van der Waals surface area contributed by atoms with Crippen molar-refractivity contribution in [3.63, 3.8) is 0 Å². The maximum Gasteiger partial charge on any atom is 0.156 e. The summed E-state index contributed by atoms with van der Waals surface area (Å²) in [4.78, 5) is 0. The van der Waals surface area contributed by atoms with Gasteiger partial charge in [0, 0.05) is 6.20 Å². The number of aromatic nitrogens is 2. The molecule has 2 rings (SSSR count). The number of para-hydroxylation sites is 1.